The highest BCUT2D eigenvalue weighted by Crippen LogP contribution is 2.38. The normalized spacial score (nSPS) is 41.6. The molecule has 19 heavy (non-hydrogen) atoms. The minimum absolute atomic E-state index is 0.374. The zero-order chi connectivity index (χ0) is 13.1. The van der Waals surface area contributed by atoms with Gasteiger partial charge in [-0.3, -0.25) is 4.99 Å². The molecular formula is C15H26N2OS. The van der Waals surface area contributed by atoms with E-state index in [0.29, 0.717) is 11.5 Å². The third-order valence-corrected chi connectivity index (χ3v) is 6.04. The van der Waals surface area contributed by atoms with Crippen LogP contribution in [0.5, 0.6) is 0 Å². The van der Waals surface area contributed by atoms with E-state index >= 15 is 0 Å². The lowest BCUT2D eigenvalue weighted by atomic mass is 9.78. The summed E-state index contributed by atoms with van der Waals surface area (Å²) in [4.78, 5) is 4.80. The molecule has 2 saturated heterocycles. The van der Waals surface area contributed by atoms with Crippen LogP contribution in [-0.4, -0.2) is 36.2 Å². The molecule has 3 aliphatic rings. The van der Waals surface area contributed by atoms with Gasteiger partial charge in [0.25, 0.3) is 0 Å². The summed E-state index contributed by atoms with van der Waals surface area (Å²) < 4.78 is 5.52. The Morgan fingerprint density at radius 2 is 2.21 bits per heavy atom. The van der Waals surface area contributed by atoms with E-state index in [2.05, 4.69) is 12.2 Å². The molecule has 3 nitrogen and oxygen atoms in total. The summed E-state index contributed by atoms with van der Waals surface area (Å²) in [6, 6.07) is 0. The molecule has 0 bridgehead atoms. The van der Waals surface area contributed by atoms with Gasteiger partial charge in [-0.2, -0.15) is 0 Å². The van der Waals surface area contributed by atoms with Gasteiger partial charge in [0.05, 0.1) is 6.61 Å². The molecule has 1 saturated carbocycles. The van der Waals surface area contributed by atoms with E-state index in [4.69, 9.17) is 9.73 Å². The van der Waals surface area contributed by atoms with Crippen molar-refractivity contribution in [1.29, 1.82) is 0 Å². The van der Waals surface area contributed by atoms with E-state index in [0.717, 1.165) is 25.7 Å². The van der Waals surface area contributed by atoms with Gasteiger partial charge in [0.1, 0.15) is 0 Å². The summed E-state index contributed by atoms with van der Waals surface area (Å²) in [7, 11) is 0. The summed E-state index contributed by atoms with van der Waals surface area (Å²) in [6.45, 7) is 5.18. The molecule has 3 rings (SSSR count). The number of hydrogen-bond acceptors (Lipinski definition) is 3. The maximum absolute atomic E-state index is 5.52. The molecule has 0 aromatic heterocycles. The van der Waals surface area contributed by atoms with Crippen LogP contribution < -0.4 is 5.32 Å². The Bertz CT molecular complexity index is 331. The second-order valence-electron chi connectivity index (χ2n) is 6.61. The summed E-state index contributed by atoms with van der Waals surface area (Å²) >= 11 is 1.94. The molecule has 0 aromatic carbocycles. The standard InChI is InChI=1S/C15H26N2OS/c1-12-4-6-15(7-5-12)11-19-14(17-15)16-9-13-3-2-8-18-10-13/h12-13H,2-11H2,1H3,(H,16,17). The van der Waals surface area contributed by atoms with Crippen LogP contribution in [0.3, 0.4) is 0 Å². The van der Waals surface area contributed by atoms with Gasteiger partial charge in [-0.1, -0.05) is 18.7 Å². The summed E-state index contributed by atoms with van der Waals surface area (Å²) in [6.07, 6.45) is 7.89. The number of ether oxygens (including phenoxy) is 1. The zero-order valence-electron chi connectivity index (χ0n) is 12.0. The molecule has 0 aromatic rings. The first-order valence-electron chi connectivity index (χ1n) is 7.79. The molecule has 1 unspecified atom stereocenters. The van der Waals surface area contributed by atoms with Crippen molar-refractivity contribution in [3.05, 3.63) is 0 Å². The maximum atomic E-state index is 5.52. The van der Waals surface area contributed by atoms with E-state index in [1.54, 1.807) is 0 Å². The molecule has 4 heteroatoms. The number of nitrogens with one attached hydrogen (secondary N) is 1. The quantitative estimate of drug-likeness (QED) is 0.845. The van der Waals surface area contributed by atoms with Crippen molar-refractivity contribution < 1.29 is 4.74 Å². The molecule has 0 amide bonds. The molecule has 1 atom stereocenters. The number of aliphatic imine (C=N–C) groups is 1. The minimum Gasteiger partial charge on any atom is -0.381 e. The van der Waals surface area contributed by atoms with Gasteiger partial charge < -0.3 is 10.1 Å². The van der Waals surface area contributed by atoms with Crippen molar-refractivity contribution in [2.75, 3.05) is 25.5 Å². The average molecular weight is 282 g/mol. The van der Waals surface area contributed by atoms with Crippen LogP contribution in [0, 0.1) is 11.8 Å². The number of hydrogen-bond donors (Lipinski definition) is 1. The Morgan fingerprint density at radius 3 is 2.95 bits per heavy atom. The van der Waals surface area contributed by atoms with Crippen LogP contribution in [-0.2, 0) is 4.74 Å². The lowest BCUT2D eigenvalue weighted by Crippen LogP contribution is -2.46. The van der Waals surface area contributed by atoms with E-state index in [1.807, 2.05) is 11.8 Å². The van der Waals surface area contributed by atoms with Crippen molar-refractivity contribution >= 4 is 16.9 Å². The fourth-order valence-corrected chi connectivity index (χ4v) is 4.57. The average Bonchev–Trinajstić information content (AvgIpc) is 2.85. The van der Waals surface area contributed by atoms with E-state index in [9.17, 15) is 0 Å². The highest BCUT2D eigenvalue weighted by Gasteiger charge is 2.39. The highest BCUT2D eigenvalue weighted by molar-refractivity contribution is 8.14. The molecule has 3 fully saturated rings. The van der Waals surface area contributed by atoms with Crippen molar-refractivity contribution in [1.82, 2.24) is 5.32 Å². The minimum atomic E-state index is 0.374. The smallest absolute Gasteiger partial charge is 0.157 e. The molecule has 1 N–H and O–H groups in total. The Morgan fingerprint density at radius 1 is 1.37 bits per heavy atom. The second kappa shape index (κ2) is 6.04. The summed E-state index contributed by atoms with van der Waals surface area (Å²) in [5.41, 5.74) is 0.374. The first-order chi connectivity index (χ1) is 9.26. The number of rotatable bonds is 2. The lowest BCUT2D eigenvalue weighted by Gasteiger charge is -2.35. The van der Waals surface area contributed by atoms with Crippen LogP contribution >= 0.6 is 11.8 Å². The predicted molar refractivity (Wildman–Crippen MR) is 81.8 cm³/mol. The Hall–Kier alpha value is -0.220. The van der Waals surface area contributed by atoms with Crippen LogP contribution in [0.1, 0.15) is 45.4 Å². The van der Waals surface area contributed by atoms with Gasteiger partial charge in [0.15, 0.2) is 5.17 Å². The van der Waals surface area contributed by atoms with Gasteiger partial charge in [0, 0.05) is 30.4 Å². The summed E-state index contributed by atoms with van der Waals surface area (Å²) in [5.74, 6) is 2.78. The van der Waals surface area contributed by atoms with Gasteiger partial charge >= 0.3 is 0 Å². The highest BCUT2D eigenvalue weighted by atomic mass is 32.2. The Balaban J connectivity index is 1.50. The van der Waals surface area contributed by atoms with E-state index in [1.165, 1.54) is 49.4 Å². The maximum Gasteiger partial charge on any atom is 0.157 e. The third kappa shape index (κ3) is 3.46. The molecule has 2 heterocycles. The second-order valence-corrected chi connectivity index (χ2v) is 7.57. The first-order valence-corrected chi connectivity index (χ1v) is 8.77. The van der Waals surface area contributed by atoms with Crippen LogP contribution in [0.2, 0.25) is 0 Å². The largest absolute Gasteiger partial charge is 0.381 e. The van der Waals surface area contributed by atoms with E-state index in [-0.39, 0.29) is 0 Å². The van der Waals surface area contributed by atoms with E-state index < -0.39 is 0 Å². The van der Waals surface area contributed by atoms with Crippen LogP contribution in [0.15, 0.2) is 4.99 Å². The SMILES string of the molecule is CC1CCC2(CC1)CSC(=NCC1CCCOC1)N2. The fraction of sp³-hybridized carbons (Fsp3) is 0.933. The molecular weight excluding hydrogens is 256 g/mol. The predicted octanol–water partition coefficient (Wildman–Crippen LogP) is 3.05. The molecule has 1 aliphatic carbocycles. The van der Waals surface area contributed by atoms with Gasteiger partial charge in [-0.25, -0.2) is 0 Å². The van der Waals surface area contributed by atoms with Gasteiger partial charge in [-0.05, 0) is 44.4 Å². The van der Waals surface area contributed by atoms with Crippen LogP contribution in [0.25, 0.3) is 0 Å². The molecule has 2 aliphatic heterocycles. The Kier molecular flexibility index (Phi) is 4.37. The molecule has 0 radical (unpaired) electrons. The molecule has 108 valence electrons. The van der Waals surface area contributed by atoms with Gasteiger partial charge in [-0.15, -0.1) is 0 Å². The third-order valence-electron chi connectivity index (χ3n) is 4.84. The van der Waals surface area contributed by atoms with Crippen molar-refractivity contribution in [3.8, 4) is 0 Å². The topological polar surface area (TPSA) is 33.6 Å². The van der Waals surface area contributed by atoms with Gasteiger partial charge in [0.2, 0.25) is 0 Å². The van der Waals surface area contributed by atoms with Crippen molar-refractivity contribution in [2.45, 2.75) is 51.0 Å². The van der Waals surface area contributed by atoms with Crippen molar-refractivity contribution in [2.24, 2.45) is 16.8 Å². The lowest BCUT2D eigenvalue weighted by molar-refractivity contribution is 0.0582. The number of nitrogens with zero attached hydrogens (tertiary/aromatic N) is 1. The number of amidine groups is 1. The zero-order valence-corrected chi connectivity index (χ0v) is 12.8. The number of thioether (sulfide) groups is 1. The monoisotopic (exact) mass is 282 g/mol. The first kappa shape index (κ1) is 13.7. The van der Waals surface area contributed by atoms with Crippen LogP contribution in [0.4, 0.5) is 0 Å². The van der Waals surface area contributed by atoms with Crippen molar-refractivity contribution in [3.63, 3.8) is 0 Å². The molecule has 1 spiro atoms. The Labute approximate surface area is 121 Å². The summed E-state index contributed by atoms with van der Waals surface area (Å²) in [5, 5.41) is 4.93. The fourth-order valence-electron chi connectivity index (χ4n) is 3.34.